The second-order valence-corrected chi connectivity index (χ2v) is 19.2. The first-order valence-electron chi connectivity index (χ1n) is 22.6. The van der Waals surface area contributed by atoms with Gasteiger partial charge in [-0.2, -0.15) is 0 Å². The van der Waals surface area contributed by atoms with E-state index in [1.165, 1.54) is 0 Å². The maximum absolute atomic E-state index is 14.8. The number of ether oxygens (including phenoxy) is 1. The molecule has 1 heterocycles. The fourth-order valence-electron chi connectivity index (χ4n) is 11.3. The first-order chi connectivity index (χ1) is 30.4. The lowest BCUT2D eigenvalue weighted by Gasteiger charge is -2.64. The standard InChI is InChI=1S/C53H58BN3O6/c1-34(2)29-47(54-62-46-31-38-30-45(51(38,3)4)52(46,5)63-54)56-49(59)44(55-50(60)61-33-43-41-27-17-15-25-39(41)40-26-16-18-28-42(40)43)32-48(58)57-53(35-19-9-6-10-20-35,36-21-11-7-12-22-36)37-23-13-8-14-24-37/h6-28,34,38,43-47H,29-33H2,1-5H3,(H,55,60)(H,56,59)(H,57,58)/t38-,44-,45-,46+,47-,52-/m0/s1. The molecule has 0 aromatic heterocycles. The van der Waals surface area contributed by atoms with Crippen molar-refractivity contribution < 1.29 is 28.4 Å². The molecule has 9 nitrogen and oxygen atoms in total. The number of carbonyl (C=O) groups is 3. The summed E-state index contributed by atoms with van der Waals surface area (Å²) in [5.41, 5.74) is 5.42. The molecule has 4 aliphatic carbocycles. The predicted molar refractivity (Wildman–Crippen MR) is 245 cm³/mol. The van der Waals surface area contributed by atoms with Crippen LogP contribution in [0.4, 0.5) is 4.79 Å². The van der Waals surface area contributed by atoms with Gasteiger partial charge in [-0.05, 0) is 88.3 Å². The minimum Gasteiger partial charge on any atom is -0.449 e. The van der Waals surface area contributed by atoms with Crippen molar-refractivity contribution in [1.82, 2.24) is 16.0 Å². The number of amides is 3. The molecule has 3 saturated carbocycles. The maximum Gasteiger partial charge on any atom is 0.481 e. The second-order valence-electron chi connectivity index (χ2n) is 19.2. The number of carbonyl (C=O) groups excluding carboxylic acids is 3. The molecule has 5 aromatic rings. The van der Waals surface area contributed by atoms with Crippen LogP contribution in [-0.4, -0.2) is 55.3 Å². The van der Waals surface area contributed by atoms with E-state index in [0.717, 1.165) is 51.8 Å². The molecule has 1 saturated heterocycles. The van der Waals surface area contributed by atoms with Gasteiger partial charge >= 0.3 is 13.2 Å². The van der Waals surface area contributed by atoms with E-state index >= 15 is 0 Å². The summed E-state index contributed by atoms with van der Waals surface area (Å²) in [7, 11) is -0.688. The van der Waals surface area contributed by atoms with E-state index in [4.69, 9.17) is 14.0 Å². The zero-order chi connectivity index (χ0) is 43.9. The van der Waals surface area contributed by atoms with Crippen LogP contribution in [0.5, 0.6) is 0 Å². The van der Waals surface area contributed by atoms with Crippen LogP contribution in [0.2, 0.25) is 0 Å². The van der Waals surface area contributed by atoms with Crippen molar-refractivity contribution in [3.05, 3.63) is 167 Å². The molecule has 1 aliphatic heterocycles. The molecule has 10 rings (SSSR count). The summed E-state index contributed by atoms with van der Waals surface area (Å²) in [6.45, 7) is 11.1. The van der Waals surface area contributed by atoms with Crippen molar-refractivity contribution in [2.75, 3.05) is 6.61 Å². The van der Waals surface area contributed by atoms with Crippen LogP contribution in [0.3, 0.4) is 0 Å². The van der Waals surface area contributed by atoms with Crippen LogP contribution in [0.1, 0.15) is 94.0 Å². The molecule has 10 heteroatoms. The molecule has 324 valence electrons. The largest absolute Gasteiger partial charge is 0.481 e. The van der Waals surface area contributed by atoms with E-state index < -0.39 is 48.1 Å². The molecule has 5 aromatic carbocycles. The van der Waals surface area contributed by atoms with Crippen molar-refractivity contribution in [2.24, 2.45) is 23.2 Å². The highest BCUT2D eigenvalue weighted by Crippen LogP contribution is 2.65. The van der Waals surface area contributed by atoms with Gasteiger partial charge in [-0.25, -0.2) is 4.79 Å². The third kappa shape index (κ3) is 7.86. The lowest BCUT2D eigenvalue weighted by atomic mass is 9.43. The highest BCUT2D eigenvalue weighted by molar-refractivity contribution is 6.48. The quantitative estimate of drug-likeness (QED) is 0.0759. The lowest BCUT2D eigenvalue weighted by molar-refractivity contribution is -0.199. The lowest BCUT2D eigenvalue weighted by Crippen LogP contribution is -2.65. The van der Waals surface area contributed by atoms with Crippen LogP contribution in [0.25, 0.3) is 11.1 Å². The Morgan fingerprint density at radius 2 is 1.25 bits per heavy atom. The van der Waals surface area contributed by atoms with Gasteiger partial charge in [-0.3, -0.25) is 9.59 Å². The number of fused-ring (bicyclic) bond motifs is 3. The molecule has 2 bridgehead atoms. The van der Waals surface area contributed by atoms with E-state index in [0.29, 0.717) is 18.3 Å². The van der Waals surface area contributed by atoms with Crippen molar-refractivity contribution >= 4 is 25.0 Å². The third-order valence-electron chi connectivity index (χ3n) is 14.6. The van der Waals surface area contributed by atoms with Gasteiger partial charge in [0.05, 0.1) is 24.1 Å². The fourth-order valence-corrected chi connectivity index (χ4v) is 11.3. The molecule has 0 spiro atoms. The zero-order valence-electron chi connectivity index (χ0n) is 36.9. The van der Waals surface area contributed by atoms with Gasteiger partial charge in [0.15, 0.2) is 0 Å². The van der Waals surface area contributed by atoms with Crippen LogP contribution >= 0.6 is 0 Å². The van der Waals surface area contributed by atoms with Crippen LogP contribution in [0, 0.1) is 23.2 Å². The molecule has 0 unspecified atom stereocenters. The van der Waals surface area contributed by atoms with E-state index in [1.54, 1.807) is 0 Å². The normalized spacial score (nSPS) is 22.8. The van der Waals surface area contributed by atoms with E-state index in [1.807, 2.05) is 115 Å². The van der Waals surface area contributed by atoms with Crippen molar-refractivity contribution in [1.29, 1.82) is 0 Å². The number of rotatable bonds is 14. The molecule has 4 fully saturated rings. The predicted octanol–water partition coefficient (Wildman–Crippen LogP) is 9.19. The average Bonchev–Trinajstić information content (AvgIpc) is 3.82. The topological polar surface area (TPSA) is 115 Å². The minimum atomic E-state index is -1.30. The SMILES string of the molecule is CC(C)C[C@H](NC(=O)[C@H](CC(=O)NC(c1ccccc1)(c1ccccc1)c1ccccc1)NC(=O)OCC1c2ccccc2-c2ccccc21)B1O[C@@H]2C[C@@H]3C[C@@H](C3(C)C)[C@]2(C)O1. The van der Waals surface area contributed by atoms with Crippen molar-refractivity contribution in [3.63, 3.8) is 0 Å². The van der Waals surface area contributed by atoms with Crippen LogP contribution < -0.4 is 16.0 Å². The monoisotopic (exact) mass is 843 g/mol. The van der Waals surface area contributed by atoms with Gasteiger partial charge < -0.3 is 30.0 Å². The Morgan fingerprint density at radius 1 is 0.730 bits per heavy atom. The van der Waals surface area contributed by atoms with Gasteiger partial charge in [-0.1, -0.05) is 167 Å². The molecule has 6 atom stereocenters. The minimum absolute atomic E-state index is 0.0533. The van der Waals surface area contributed by atoms with E-state index in [-0.39, 0.29) is 36.4 Å². The van der Waals surface area contributed by atoms with Gasteiger partial charge in [0.1, 0.15) is 18.2 Å². The summed E-state index contributed by atoms with van der Waals surface area (Å²) < 4.78 is 19.6. The first-order valence-corrected chi connectivity index (χ1v) is 22.6. The Hall–Kier alpha value is -5.71. The summed E-state index contributed by atoms with van der Waals surface area (Å²) in [6, 6.07) is 44.4. The number of alkyl carbamates (subject to hydrolysis) is 1. The summed E-state index contributed by atoms with van der Waals surface area (Å²) in [6.07, 6.45) is 1.35. The highest BCUT2D eigenvalue weighted by Gasteiger charge is 2.68. The Kier molecular flexibility index (Phi) is 11.6. The molecule has 5 aliphatic rings. The van der Waals surface area contributed by atoms with Crippen LogP contribution in [-0.2, 0) is 29.2 Å². The number of nitrogens with one attached hydrogen (secondary N) is 3. The third-order valence-corrected chi connectivity index (χ3v) is 14.6. The van der Waals surface area contributed by atoms with Gasteiger partial charge in [0.25, 0.3) is 0 Å². The highest BCUT2D eigenvalue weighted by atomic mass is 16.7. The fraction of sp³-hybridized carbons (Fsp3) is 0.377. The summed E-state index contributed by atoms with van der Waals surface area (Å²) in [5.74, 6) is -0.587. The number of hydrogen-bond acceptors (Lipinski definition) is 6. The Bertz CT molecular complexity index is 2300. The Labute approximate surface area is 371 Å². The van der Waals surface area contributed by atoms with Crippen molar-refractivity contribution in [3.8, 4) is 11.1 Å². The Balaban J connectivity index is 1.00. The molecule has 63 heavy (non-hydrogen) atoms. The summed E-state index contributed by atoms with van der Waals surface area (Å²) >= 11 is 0. The van der Waals surface area contributed by atoms with Gasteiger partial charge in [0.2, 0.25) is 11.8 Å². The average molecular weight is 844 g/mol. The molecular weight excluding hydrogens is 785 g/mol. The van der Waals surface area contributed by atoms with Crippen molar-refractivity contribution in [2.45, 2.75) is 95.4 Å². The van der Waals surface area contributed by atoms with E-state index in [9.17, 15) is 14.4 Å². The molecule has 3 N–H and O–H groups in total. The maximum atomic E-state index is 14.8. The number of hydrogen-bond donors (Lipinski definition) is 3. The van der Waals surface area contributed by atoms with Gasteiger partial charge in [0, 0.05) is 5.92 Å². The first kappa shape index (κ1) is 42.6. The Morgan fingerprint density at radius 3 is 1.78 bits per heavy atom. The zero-order valence-corrected chi connectivity index (χ0v) is 36.9. The smallest absolute Gasteiger partial charge is 0.449 e. The molecular formula is C53H58BN3O6. The molecule has 3 amide bonds. The van der Waals surface area contributed by atoms with Gasteiger partial charge in [-0.15, -0.1) is 0 Å². The number of benzene rings is 5. The summed E-state index contributed by atoms with van der Waals surface area (Å²) in [4.78, 5) is 43.7. The second kappa shape index (κ2) is 17.1. The molecule has 0 radical (unpaired) electrons. The van der Waals surface area contributed by atoms with E-state index in [2.05, 4.69) is 74.8 Å². The summed E-state index contributed by atoms with van der Waals surface area (Å²) in [5, 5.41) is 9.43. The van der Waals surface area contributed by atoms with Crippen LogP contribution in [0.15, 0.2) is 140 Å².